The van der Waals surface area contributed by atoms with Crippen molar-refractivity contribution in [3.05, 3.63) is 0 Å². The zero-order chi connectivity index (χ0) is 12.8. The summed E-state index contributed by atoms with van der Waals surface area (Å²) in [5.74, 6) is -0.295. The lowest BCUT2D eigenvalue weighted by Gasteiger charge is -2.33. The number of carboxylic acid groups (broad SMARTS) is 1. The highest BCUT2D eigenvalue weighted by atomic mass is 16.4. The maximum Gasteiger partial charge on any atom is 0.320 e. The molecule has 1 saturated heterocycles. The number of carboxylic acids is 1. The molecular weight excluding hydrogens is 216 g/mol. The molecule has 1 rings (SSSR count). The second-order valence-electron chi connectivity index (χ2n) is 5.40. The SMILES string of the molecule is CCN1CCC(NC(CC(C)C)C(=O)O)CC1. The molecule has 0 saturated carbocycles. The molecular formula is C13H26N2O2. The fourth-order valence-electron chi connectivity index (χ4n) is 2.41. The van der Waals surface area contributed by atoms with Crippen molar-refractivity contribution in [2.75, 3.05) is 19.6 Å². The minimum Gasteiger partial charge on any atom is -0.480 e. The smallest absolute Gasteiger partial charge is 0.320 e. The lowest BCUT2D eigenvalue weighted by molar-refractivity contribution is -0.140. The van der Waals surface area contributed by atoms with Crippen molar-refractivity contribution in [3.8, 4) is 0 Å². The molecule has 2 N–H and O–H groups in total. The minimum absolute atomic E-state index is 0.373. The van der Waals surface area contributed by atoms with Crippen LogP contribution in [-0.4, -0.2) is 47.7 Å². The lowest BCUT2D eigenvalue weighted by Crippen LogP contribution is -2.49. The van der Waals surface area contributed by atoms with Gasteiger partial charge in [0.25, 0.3) is 0 Å². The molecule has 4 nitrogen and oxygen atoms in total. The van der Waals surface area contributed by atoms with Gasteiger partial charge in [-0.05, 0) is 44.8 Å². The third-order valence-electron chi connectivity index (χ3n) is 3.48. The molecule has 1 aliphatic heterocycles. The van der Waals surface area contributed by atoms with Gasteiger partial charge in [-0.3, -0.25) is 4.79 Å². The van der Waals surface area contributed by atoms with Crippen molar-refractivity contribution >= 4 is 5.97 Å². The molecule has 0 aliphatic carbocycles. The number of carbonyl (C=O) groups is 1. The van der Waals surface area contributed by atoms with Crippen molar-refractivity contribution in [1.29, 1.82) is 0 Å². The van der Waals surface area contributed by atoms with Crippen LogP contribution in [0.3, 0.4) is 0 Å². The van der Waals surface area contributed by atoms with E-state index >= 15 is 0 Å². The molecule has 0 spiro atoms. The highest BCUT2D eigenvalue weighted by molar-refractivity contribution is 5.73. The third-order valence-corrected chi connectivity index (χ3v) is 3.48. The maximum atomic E-state index is 11.2. The quantitative estimate of drug-likeness (QED) is 0.742. The Morgan fingerprint density at radius 2 is 2.00 bits per heavy atom. The van der Waals surface area contributed by atoms with Crippen LogP contribution in [0, 0.1) is 5.92 Å². The first-order chi connectivity index (χ1) is 8.02. The number of rotatable bonds is 6. The monoisotopic (exact) mass is 242 g/mol. The first-order valence-corrected chi connectivity index (χ1v) is 6.74. The predicted molar refractivity (Wildman–Crippen MR) is 69.2 cm³/mol. The molecule has 1 heterocycles. The summed E-state index contributed by atoms with van der Waals surface area (Å²) in [4.78, 5) is 13.6. The molecule has 0 aromatic carbocycles. The standard InChI is InChI=1S/C13H26N2O2/c1-4-15-7-5-11(6-8-15)14-12(13(16)17)9-10(2)3/h10-12,14H,4-9H2,1-3H3,(H,16,17). The summed E-state index contributed by atoms with van der Waals surface area (Å²) in [6.45, 7) is 9.58. The van der Waals surface area contributed by atoms with Crippen LogP contribution in [-0.2, 0) is 4.79 Å². The molecule has 1 atom stereocenters. The van der Waals surface area contributed by atoms with Gasteiger partial charge < -0.3 is 15.3 Å². The number of nitrogens with zero attached hydrogens (tertiary/aromatic N) is 1. The van der Waals surface area contributed by atoms with E-state index in [0.717, 1.165) is 32.5 Å². The van der Waals surface area contributed by atoms with Gasteiger partial charge >= 0.3 is 5.97 Å². The van der Waals surface area contributed by atoms with Crippen molar-refractivity contribution in [2.24, 2.45) is 5.92 Å². The zero-order valence-corrected chi connectivity index (χ0v) is 11.3. The van der Waals surface area contributed by atoms with Gasteiger partial charge in [0.1, 0.15) is 6.04 Å². The Morgan fingerprint density at radius 3 is 2.41 bits per heavy atom. The number of piperidine rings is 1. The summed E-state index contributed by atoms with van der Waals surface area (Å²) < 4.78 is 0. The molecule has 100 valence electrons. The summed E-state index contributed by atoms with van der Waals surface area (Å²) in [5.41, 5.74) is 0. The largest absolute Gasteiger partial charge is 0.480 e. The molecule has 0 aromatic rings. The first-order valence-electron chi connectivity index (χ1n) is 6.74. The van der Waals surface area contributed by atoms with E-state index in [1.54, 1.807) is 0 Å². The number of hydrogen-bond acceptors (Lipinski definition) is 3. The van der Waals surface area contributed by atoms with Gasteiger partial charge in [-0.1, -0.05) is 20.8 Å². The topological polar surface area (TPSA) is 52.6 Å². The van der Waals surface area contributed by atoms with Crippen molar-refractivity contribution < 1.29 is 9.90 Å². The summed E-state index contributed by atoms with van der Waals surface area (Å²) in [6, 6.07) is -0.00849. The molecule has 17 heavy (non-hydrogen) atoms. The van der Waals surface area contributed by atoms with Crippen molar-refractivity contribution in [1.82, 2.24) is 10.2 Å². The number of hydrogen-bond donors (Lipinski definition) is 2. The summed E-state index contributed by atoms with van der Waals surface area (Å²) in [6.07, 6.45) is 2.84. The Bertz CT molecular complexity index is 236. The van der Waals surface area contributed by atoms with Gasteiger partial charge in [-0.25, -0.2) is 0 Å². The molecule has 1 unspecified atom stereocenters. The zero-order valence-electron chi connectivity index (χ0n) is 11.3. The highest BCUT2D eigenvalue weighted by Gasteiger charge is 2.25. The number of aliphatic carboxylic acids is 1. The Labute approximate surface area is 104 Å². The number of likely N-dealkylation sites (tertiary alicyclic amines) is 1. The average Bonchev–Trinajstić information content (AvgIpc) is 2.28. The van der Waals surface area contributed by atoms with Gasteiger partial charge in [0.05, 0.1) is 0 Å². The van der Waals surface area contributed by atoms with E-state index < -0.39 is 5.97 Å². The molecule has 0 aromatic heterocycles. The van der Waals surface area contributed by atoms with E-state index in [1.165, 1.54) is 0 Å². The van der Waals surface area contributed by atoms with E-state index in [1.807, 2.05) is 0 Å². The molecule has 0 radical (unpaired) electrons. The first kappa shape index (κ1) is 14.5. The van der Waals surface area contributed by atoms with Crippen LogP contribution in [0.5, 0.6) is 0 Å². The van der Waals surface area contributed by atoms with Gasteiger partial charge in [-0.15, -0.1) is 0 Å². The van der Waals surface area contributed by atoms with Crippen molar-refractivity contribution in [3.63, 3.8) is 0 Å². The second-order valence-corrected chi connectivity index (χ2v) is 5.40. The second kappa shape index (κ2) is 6.97. The molecule has 4 heteroatoms. The minimum atomic E-state index is -0.711. The fraction of sp³-hybridized carbons (Fsp3) is 0.923. The van der Waals surface area contributed by atoms with Crippen LogP contribution in [0.25, 0.3) is 0 Å². The maximum absolute atomic E-state index is 11.2. The summed E-state index contributed by atoms with van der Waals surface area (Å²) in [7, 11) is 0. The molecule has 1 aliphatic rings. The Morgan fingerprint density at radius 1 is 1.41 bits per heavy atom. The van der Waals surface area contributed by atoms with E-state index in [2.05, 4.69) is 31.0 Å². The van der Waals surface area contributed by atoms with E-state index in [0.29, 0.717) is 18.4 Å². The highest BCUT2D eigenvalue weighted by Crippen LogP contribution is 2.13. The lowest BCUT2D eigenvalue weighted by atomic mass is 9.99. The molecule has 0 amide bonds. The van der Waals surface area contributed by atoms with Gasteiger partial charge in [0.15, 0.2) is 0 Å². The Hall–Kier alpha value is -0.610. The summed E-state index contributed by atoms with van der Waals surface area (Å²) >= 11 is 0. The van der Waals surface area contributed by atoms with Gasteiger partial charge in [-0.2, -0.15) is 0 Å². The number of nitrogens with one attached hydrogen (secondary N) is 1. The van der Waals surface area contributed by atoms with Crippen LogP contribution >= 0.6 is 0 Å². The van der Waals surface area contributed by atoms with Gasteiger partial charge in [0, 0.05) is 6.04 Å². The summed E-state index contributed by atoms with van der Waals surface area (Å²) in [5, 5.41) is 12.5. The van der Waals surface area contributed by atoms with Crippen LogP contribution in [0.1, 0.15) is 40.0 Å². The third kappa shape index (κ3) is 5.04. The van der Waals surface area contributed by atoms with Crippen LogP contribution in [0.2, 0.25) is 0 Å². The van der Waals surface area contributed by atoms with E-state index in [9.17, 15) is 9.90 Å². The predicted octanol–water partition coefficient (Wildman–Crippen LogP) is 1.56. The van der Waals surface area contributed by atoms with Crippen molar-refractivity contribution in [2.45, 2.75) is 52.1 Å². The molecule has 1 fully saturated rings. The van der Waals surface area contributed by atoms with Crippen LogP contribution in [0.4, 0.5) is 0 Å². The average molecular weight is 242 g/mol. The van der Waals surface area contributed by atoms with Gasteiger partial charge in [0.2, 0.25) is 0 Å². The van der Waals surface area contributed by atoms with E-state index in [-0.39, 0.29) is 6.04 Å². The Kier molecular flexibility index (Phi) is 5.92. The van der Waals surface area contributed by atoms with Crippen LogP contribution in [0.15, 0.2) is 0 Å². The molecule has 0 bridgehead atoms. The van der Waals surface area contributed by atoms with Crippen LogP contribution < -0.4 is 5.32 Å². The Balaban J connectivity index is 2.38. The fourth-order valence-corrected chi connectivity index (χ4v) is 2.41. The van der Waals surface area contributed by atoms with E-state index in [4.69, 9.17) is 0 Å². The normalized spacial score (nSPS) is 20.7.